The van der Waals surface area contributed by atoms with Gasteiger partial charge in [0, 0.05) is 12.0 Å². The molecule has 0 unspecified atom stereocenters. The van der Waals surface area contributed by atoms with Crippen LogP contribution >= 0.6 is 12.4 Å². The predicted molar refractivity (Wildman–Crippen MR) is 81.5 cm³/mol. The molecule has 0 amide bonds. The van der Waals surface area contributed by atoms with Gasteiger partial charge in [-0.1, -0.05) is 48.0 Å². The Labute approximate surface area is 124 Å². The fraction of sp³-hybridized carbons (Fsp3) is 0.250. The average molecular weight is 296 g/mol. The summed E-state index contributed by atoms with van der Waals surface area (Å²) in [5.41, 5.74) is 8.24. The molecule has 0 radical (unpaired) electrons. The second kappa shape index (κ2) is 7.39. The molecule has 0 heterocycles. The molecule has 0 saturated carbocycles. The van der Waals surface area contributed by atoms with Crippen LogP contribution in [0.15, 0.2) is 48.5 Å². The van der Waals surface area contributed by atoms with E-state index in [1.165, 1.54) is 6.07 Å². The molecule has 2 aromatic carbocycles. The molecule has 0 aliphatic heterocycles. The Morgan fingerprint density at radius 3 is 2.45 bits per heavy atom. The van der Waals surface area contributed by atoms with Crippen molar-refractivity contribution in [1.29, 1.82) is 0 Å². The van der Waals surface area contributed by atoms with Crippen molar-refractivity contribution in [3.05, 3.63) is 71.0 Å². The predicted octanol–water partition coefficient (Wildman–Crippen LogP) is 3.16. The minimum Gasteiger partial charge on any atom is -0.391 e. The van der Waals surface area contributed by atoms with Crippen LogP contribution < -0.4 is 5.73 Å². The summed E-state index contributed by atoms with van der Waals surface area (Å²) in [5, 5.41) is 10.1. The maximum Gasteiger partial charge on any atom is 0.128 e. The van der Waals surface area contributed by atoms with Gasteiger partial charge in [0.2, 0.25) is 0 Å². The zero-order valence-corrected chi connectivity index (χ0v) is 12.1. The molecule has 0 fully saturated rings. The van der Waals surface area contributed by atoms with Gasteiger partial charge in [-0.25, -0.2) is 4.39 Å². The fourth-order valence-corrected chi connectivity index (χ4v) is 2.11. The maximum atomic E-state index is 13.7. The lowest BCUT2D eigenvalue weighted by molar-refractivity contribution is 0.143. The summed E-state index contributed by atoms with van der Waals surface area (Å²) in [6.45, 7) is 1.87. The minimum atomic E-state index is -0.807. The first-order chi connectivity index (χ1) is 9.08. The third kappa shape index (κ3) is 4.04. The molecule has 0 spiro atoms. The summed E-state index contributed by atoms with van der Waals surface area (Å²) in [7, 11) is 0. The molecule has 0 aromatic heterocycles. The second-order valence-electron chi connectivity index (χ2n) is 4.81. The van der Waals surface area contributed by atoms with Gasteiger partial charge in [-0.15, -0.1) is 12.4 Å². The van der Waals surface area contributed by atoms with Crippen LogP contribution in [0.1, 0.15) is 22.7 Å². The van der Waals surface area contributed by atoms with Gasteiger partial charge < -0.3 is 10.8 Å². The molecule has 2 aromatic rings. The van der Waals surface area contributed by atoms with Gasteiger partial charge in [0.05, 0.1) is 12.1 Å². The highest BCUT2D eigenvalue weighted by molar-refractivity contribution is 5.85. The molecule has 2 nitrogen and oxygen atoms in total. The summed E-state index contributed by atoms with van der Waals surface area (Å²) >= 11 is 0. The summed E-state index contributed by atoms with van der Waals surface area (Å²) in [4.78, 5) is 0. The summed E-state index contributed by atoms with van der Waals surface area (Å²) in [6.07, 6.45) is -0.395. The number of aryl methyl sites for hydroxylation is 1. The first-order valence-electron chi connectivity index (χ1n) is 6.31. The third-order valence-electron chi connectivity index (χ3n) is 3.21. The first-order valence-corrected chi connectivity index (χ1v) is 6.31. The molecular formula is C16H19ClFNO. The van der Waals surface area contributed by atoms with Gasteiger partial charge in [-0.2, -0.15) is 0 Å². The lowest BCUT2D eigenvalue weighted by Crippen LogP contribution is -2.29. The van der Waals surface area contributed by atoms with Gasteiger partial charge in [-0.3, -0.25) is 0 Å². The van der Waals surface area contributed by atoms with E-state index in [-0.39, 0.29) is 18.2 Å². The summed E-state index contributed by atoms with van der Waals surface area (Å²) in [5.74, 6) is -0.370. The third-order valence-corrected chi connectivity index (χ3v) is 3.21. The molecule has 0 bridgehead atoms. The number of nitrogens with two attached hydrogens (primary N) is 1. The monoisotopic (exact) mass is 295 g/mol. The molecular weight excluding hydrogens is 277 g/mol. The highest BCUT2D eigenvalue weighted by Gasteiger charge is 2.20. The topological polar surface area (TPSA) is 46.2 Å². The van der Waals surface area contributed by atoms with Crippen LogP contribution in [-0.4, -0.2) is 11.2 Å². The highest BCUT2D eigenvalue weighted by Crippen LogP contribution is 2.21. The van der Waals surface area contributed by atoms with E-state index in [0.717, 1.165) is 11.1 Å². The van der Waals surface area contributed by atoms with Crippen molar-refractivity contribution < 1.29 is 9.50 Å². The van der Waals surface area contributed by atoms with Crippen LogP contribution in [0.2, 0.25) is 0 Å². The van der Waals surface area contributed by atoms with Crippen LogP contribution in [0.3, 0.4) is 0 Å². The van der Waals surface area contributed by atoms with E-state index in [0.29, 0.717) is 12.0 Å². The summed E-state index contributed by atoms with van der Waals surface area (Å²) in [6, 6.07) is 13.6. The van der Waals surface area contributed by atoms with E-state index >= 15 is 0 Å². The second-order valence-corrected chi connectivity index (χ2v) is 4.81. The number of halogens is 2. The SMILES string of the molecule is Cc1ccc(F)c([C@H](N)[C@H](O)Cc2ccccc2)c1.Cl. The number of hydrogen-bond acceptors (Lipinski definition) is 2. The van der Waals surface area contributed by atoms with Crippen LogP contribution in [-0.2, 0) is 6.42 Å². The first kappa shape index (κ1) is 16.6. The van der Waals surface area contributed by atoms with E-state index in [1.807, 2.05) is 37.3 Å². The lowest BCUT2D eigenvalue weighted by Gasteiger charge is -2.20. The quantitative estimate of drug-likeness (QED) is 0.910. The molecule has 0 aliphatic carbocycles. The Bertz CT molecular complexity index is 547. The molecule has 0 aliphatic rings. The molecule has 4 heteroatoms. The van der Waals surface area contributed by atoms with E-state index in [4.69, 9.17) is 5.73 Å². The number of rotatable bonds is 4. The smallest absolute Gasteiger partial charge is 0.128 e. The normalized spacial score (nSPS) is 13.4. The van der Waals surface area contributed by atoms with E-state index in [9.17, 15) is 9.50 Å². The maximum absolute atomic E-state index is 13.7. The van der Waals surface area contributed by atoms with Crippen molar-refractivity contribution in [3.63, 3.8) is 0 Å². The van der Waals surface area contributed by atoms with Crippen molar-refractivity contribution >= 4 is 12.4 Å². The van der Waals surface area contributed by atoms with Crippen molar-refractivity contribution in [2.45, 2.75) is 25.5 Å². The van der Waals surface area contributed by atoms with Gasteiger partial charge >= 0.3 is 0 Å². The molecule has 2 atom stereocenters. The zero-order valence-electron chi connectivity index (χ0n) is 11.3. The van der Waals surface area contributed by atoms with Gasteiger partial charge in [0.15, 0.2) is 0 Å². The summed E-state index contributed by atoms with van der Waals surface area (Å²) < 4.78 is 13.7. The minimum absolute atomic E-state index is 0. The fourth-order valence-electron chi connectivity index (χ4n) is 2.11. The van der Waals surface area contributed by atoms with E-state index in [1.54, 1.807) is 12.1 Å². The van der Waals surface area contributed by atoms with E-state index < -0.39 is 12.1 Å². The van der Waals surface area contributed by atoms with Gasteiger partial charge in [0.25, 0.3) is 0 Å². The van der Waals surface area contributed by atoms with Crippen LogP contribution in [0, 0.1) is 12.7 Å². The Morgan fingerprint density at radius 2 is 1.80 bits per heavy atom. The average Bonchev–Trinajstić information content (AvgIpc) is 2.42. The van der Waals surface area contributed by atoms with Crippen molar-refractivity contribution in [2.24, 2.45) is 5.73 Å². The van der Waals surface area contributed by atoms with Crippen molar-refractivity contribution in [1.82, 2.24) is 0 Å². The van der Waals surface area contributed by atoms with Crippen LogP contribution in [0.4, 0.5) is 4.39 Å². The lowest BCUT2D eigenvalue weighted by atomic mass is 9.95. The molecule has 20 heavy (non-hydrogen) atoms. The Hall–Kier alpha value is -1.42. The molecule has 0 saturated heterocycles. The largest absolute Gasteiger partial charge is 0.391 e. The molecule has 3 N–H and O–H groups in total. The number of aliphatic hydroxyl groups excluding tert-OH is 1. The zero-order chi connectivity index (χ0) is 13.8. The standard InChI is InChI=1S/C16H18FNO.ClH/c1-11-7-8-14(17)13(9-11)16(18)15(19)10-12-5-3-2-4-6-12;/h2-9,15-16,19H,10,18H2,1H3;1H/t15-,16+;/m1./s1. The van der Waals surface area contributed by atoms with Crippen LogP contribution in [0.25, 0.3) is 0 Å². The Morgan fingerprint density at radius 1 is 1.15 bits per heavy atom. The number of aliphatic hydroxyl groups is 1. The Balaban J connectivity index is 0.00000200. The van der Waals surface area contributed by atoms with Crippen molar-refractivity contribution in [3.8, 4) is 0 Å². The van der Waals surface area contributed by atoms with Gasteiger partial charge in [-0.05, 0) is 18.6 Å². The van der Waals surface area contributed by atoms with Gasteiger partial charge in [0.1, 0.15) is 5.82 Å². The van der Waals surface area contributed by atoms with Crippen LogP contribution in [0.5, 0.6) is 0 Å². The van der Waals surface area contributed by atoms with E-state index in [2.05, 4.69) is 0 Å². The number of benzene rings is 2. The Kier molecular flexibility index (Phi) is 6.14. The van der Waals surface area contributed by atoms with Crippen molar-refractivity contribution in [2.75, 3.05) is 0 Å². The number of hydrogen-bond donors (Lipinski definition) is 2. The molecule has 2 rings (SSSR count). The highest BCUT2D eigenvalue weighted by atomic mass is 35.5. The molecule has 108 valence electrons.